The average molecular weight is 363 g/mol. The van der Waals surface area contributed by atoms with Gasteiger partial charge in [-0.25, -0.2) is 9.37 Å². The molecule has 0 aliphatic carbocycles. The molecule has 130 valence electrons. The van der Waals surface area contributed by atoms with Crippen molar-refractivity contribution in [1.29, 1.82) is 0 Å². The number of rotatable bonds is 2. The summed E-state index contributed by atoms with van der Waals surface area (Å²) < 4.78 is 20.5. The Morgan fingerprint density at radius 3 is 2.72 bits per heavy atom. The Morgan fingerprint density at radius 2 is 2.00 bits per heavy atom. The molecule has 9 heteroatoms. The van der Waals surface area contributed by atoms with E-state index < -0.39 is 5.82 Å². The molecular formula is C16H16ClFN6O. The van der Waals surface area contributed by atoms with Gasteiger partial charge in [-0.1, -0.05) is 11.6 Å². The van der Waals surface area contributed by atoms with E-state index in [0.29, 0.717) is 60.4 Å². The molecule has 0 saturated carbocycles. The quantitative estimate of drug-likeness (QED) is 0.753. The van der Waals surface area contributed by atoms with Gasteiger partial charge in [0.15, 0.2) is 5.65 Å². The van der Waals surface area contributed by atoms with Crippen LogP contribution in [0.25, 0.3) is 22.3 Å². The zero-order valence-electron chi connectivity index (χ0n) is 13.5. The third-order valence-electron chi connectivity index (χ3n) is 4.21. The van der Waals surface area contributed by atoms with Crippen molar-refractivity contribution < 1.29 is 9.13 Å². The number of anilines is 2. The molecule has 1 aliphatic heterocycles. The number of hydrogen-bond acceptors (Lipinski definition) is 6. The van der Waals surface area contributed by atoms with Gasteiger partial charge in [-0.05, 0) is 18.2 Å². The number of hydrogen-bond donors (Lipinski definition) is 1. The Balaban J connectivity index is 1.94. The van der Waals surface area contributed by atoms with Gasteiger partial charge in [-0.2, -0.15) is 10.1 Å². The number of benzene rings is 1. The minimum absolute atomic E-state index is 0.0275. The fourth-order valence-electron chi connectivity index (χ4n) is 2.86. The lowest BCUT2D eigenvalue weighted by Crippen LogP contribution is -2.37. The van der Waals surface area contributed by atoms with Gasteiger partial charge in [0.1, 0.15) is 11.6 Å². The van der Waals surface area contributed by atoms with E-state index in [4.69, 9.17) is 22.1 Å². The van der Waals surface area contributed by atoms with Crippen LogP contribution in [0, 0.1) is 5.82 Å². The average Bonchev–Trinajstić information content (AvgIpc) is 2.92. The van der Waals surface area contributed by atoms with E-state index in [2.05, 4.69) is 15.1 Å². The maximum absolute atomic E-state index is 13.6. The number of morpholine rings is 1. The summed E-state index contributed by atoms with van der Waals surface area (Å²) in [5, 5.41) is 5.02. The fraction of sp³-hybridized carbons (Fsp3) is 0.312. The molecule has 0 unspecified atom stereocenters. The Morgan fingerprint density at radius 1 is 1.24 bits per heavy atom. The first-order chi connectivity index (χ1) is 12.0. The van der Waals surface area contributed by atoms with Crippen LogP contribution in [0.5, 0.6) is 0 Å². The normalized spacial score (nSPS) is 15.1. The highest BCUT2D eigenvalue weighted by molar-refractivity contribution is 6.31. The SMILES string of the molecule is Cn1nc2nc(N3CCOCC3)nc(-c3ccc(F)c(Cl)c3)c2c1N. The van der Waals surface area contributed by atoms with E-state index in [1.165, 1.54) is 12.1 Å². The highest BCUT2D eigenvalue weighted by Crippen LogP contribution is 2.33. The lowest BCUT2D eigenvalue weighted by atomic mass is 10.1. The smallest absolute Gasteiger partial charge is 0.228 e. The van der Waals surface area contributed by atoms with Crippen molar-refractivity contribution in [3.8, 4) is 11.3 Å². The fourth-order valence-corrected chi connectivity index (χ4v) is 3.04. The van der Waals surface area contributed by atoms with Crippen LogP contribution < -0.4 is 10.6 Å². The maximum Gasteiger partial charge on any atom is 0.228 e. The van der Waals surface area contributed by atoms with Crippen LogP contribution >= 0.6 is 11.6 Å². The lowest BCUT2D eigenvalue weighted by molar-refractivity contribution is 0.122. The molecule has 3 heterocycles. The van der Waals surface area contributed by atoms with Gasteiger partial charge >= 0.3 is 0 Å². The largest absolute Gasteiger partial charge is 0.383 e. The molecule has 0 spiro atoms. The molecule has 0 radical (unpaired) electrons. The number of nitrogens with two attached hydrogens (primary N) is 1. The highest BCUT2D eigenvalue weighted by atomic mass is 35.5. The molecule has 0 atom stereocenters. The van der Waals surface area contributed by atoms with Crippen molar-refractivity contribution in [2.45, 2.75) is 0 Å². The van der Waals surface area contributed by atoms with E-state index in [9.17, 15) is 4.39 Å². The number of halogens is 2. The highest BCUT2D eigenvalue weighted by Gasteiger charge is 2.21. The summed E-state index contributed by atoms with van der Waals surface area (Å²) in [4.78, 5) is 11.3. The summed E-state index contributed by atoms with van der Waals surface area (Å²) in [7, 11) is 1.74. The molecule has 1 fully saturated rings. The number of nitrogen functional groups attached to an aromatic ring is 1. The van der Waals surface area contributed by atoms with E-state index >= 15 is 0 Å². The maximum atomic E-state index is 13.6. The first-order valence-electron chi connectivity index (χ1n) is 7.83. The molecule has 0 bridgehead atoms. The summed E-state index contributed by atoms with van der Waals surface area (Å²) in [6.07, 6.45) is 0. The molecule has 2 aromatic heterocycles. The molecule has 4 rings (SSSR count). The standard InChI is InChI=1S/C16H16ClFN6O/c1-23-14(19)12-13(9-2-3-11(18)10(17)8-9)20-16(21-15(12)22-23)24-4-6-25-7-5-24/h2-3,8H,4-7,19H2,1H3. The van der Waals surface area contributed by atoms with Crippen molar-refractivity contribution in [3.05, 3.63) is 29.0 Å². The number of fused-ring (bicyclic) bond motifs is 1. The minimum Gasteiger partial charge on any atom is -0.383 e. The molecule has 2 N–H and O–H groups in total. The van der Waals surface area contributed by atoms with Crippen molar-refractivity contribution in [2.24, 2.45) is 7.05 Å². The van der Waals surface area contributed by atoms with Crippen LogP contribution in [0.3, 0.4) is 0 Å². The van der Waals surface area contributed by atoms with Gasteiger partial charge in [0, 0.05) is 25.7 Å². The van der Waals surface area contributed by atoms with E-state index in [0.717, 1.165) is 0 Å². The number of aryl methyl sites for hydroxylation is 1. The topological polar surface area (TPSA) is 82.1 Å². The molecule has 0 amide bonds. The summed E-state index contributed by atoms with van der Waals surface area (Å²) in [5.74, 6) is 0.506. The molecule has 25 heavy (non-hydrogen) atoms. The summed E-state index contributed by atoms with van der Waals surface area (Å²) in [6, 6.07) is 4.47. The molecule has 7 nitrogen and oxygen atoms in total. The number of ether oxygens (including phenoxy) is 1. The van der Waals surface area contributed by atoms with E-state index in [-0.39, 0.29) is 5.02 Å². The molecule has 3 aromatic rings. The monoisotopic (exact) mass is 362 g/mol. The van der Waals surface area contributed by atoms with Crippen LogP contribution in [0.4, 0.5) is 16.2 Å². The first-order valence-corrected chi connectivity index (χ1v) is 8.20. The summed E-state index contributed by atoms with van der Waals surface area (Å²) in [5.41, 5.74) is 7.89. The van der Waals surface area contributed by atoms with Crippen LogP contribution in [-0.2, 0) is 11.8 Å². The van der Waals surface area contributed by atoms with Crippen molar-refractivity contribution in [3.63, 3.8) is 0 Å². The third kappa shape index (κ3) is 2.77. The van der Waals surface area contributed by atoms with E-state index in [1.807, 2.05) is 4.90 Å². The third-order valence-corrected chi connectivity index (χ3v) is 4.50. The lowest BCUT2D eigenvalue weighted by Gasteiger charge is -2.27. The van der Waals surface area contributed by atoms with Crippen LogP contribution in [-0.4, -0.2) is 46.1 Å². The summed E-state index contributed by atoms with van der Waals surface area (Å²) >= 11 is 5.95. The van der Waals surface area contributed by atoms with Crippen molar-refractivity contribution in [2.75, 3.05) is 36.9 Å². The Kier molecular flexibility index (Phi) is 3.93. The van der Waals surface area contributed by atoms with Crippen molar-refractivity contribution >= 4 is 34.4 Å². The Hall–Kier alpha value is -2.45. The molecule has 1 saturated heterocycles. The van der Waals surface area contributed by atoms with Crippen molar-refractivity contribution in [1.82, 2.24) is 19.7 Å². The van der Waals surface area contributed by atoms with Gasteiger partial charge in [0.25, 0.3) is 0 Å². The first kappa shape index (κ1) is 16.0. The van der Waals surface area contributed by atoms with Gasteiger partial charge in [0.05, 0.1) is 29.3 Å². The predicted molar refractivity (Wildman–Crippen MR) is 94.2 cm³/mol. The Bertz CT molecular complexity index is 953. The molecule has 1 aliphatic rings. The van der Waals surface area contributed by atoms with Gasteiger partial charge in [-0.15, -0.1) is 0 Å². The Labute approximate surface area is 148 Å². The van der Waals surface area contributed by atoms with Crippen LogP contribution in [0.1, 0.15) is 0 Å². The molecular weight excluding hydrogens is 347 g/mol. The number of aromatic nitrogens is 4. The van der Waals surface area contributed by atoms with Crippen LogP contribution in [0.15, 0.2) is 18.2 Å². The van der Waals surface area contributed by atoms with E-state index in [1.54, 1.807) is 17.8 Å². The predicted octanol–water partition coefficient (Wildman–Crippen LogP) is 2.24. The zero-order chi connectivity index (χ0) is 17.6. The van der Waals surface area contributed by atoms with Crippen LogP contribution in [0.2, 0.25) is 5.02 Å². The second kappa shape index (κ2) is 6.12. The van der Waals surface area contributed by atoms with Gasteiger partial charge in [-0.3, -0.25) is 4.68 Å². The second-order valence-corrected chi connectivity index (χ2v) is 6.22. The van der Waals surface area contributed by atoms with Gasteiger partial charge in [0.2, 0.25) is 5.95 Å². The number of nitrogens with zero attached hydrogens (tertiary/aromatic N) is 5. The second-order valence-electron chi connectivity index (χ2n) is 5.81. The summed E-state index contributed by atoms with van der Waals surface area (Å²) in [6.45, 7) is 2.61. The van der Waals surface area contributed by atoms with Gasteiger partial charge < -0.3 is 15.4 Å². The molecule has 1 aromatic carbocycles. The zero-order valence-corrected chi connectivity index (χ0v) is 14.3. The minimum atomic E-state index is -0.483.